The van der Waals surface area contributed by atoms with Crippen LogP contribution in [-0.4, -0.2) is 31.1 Å². The van der Waals surface area contributed by atoms with E-state index in [1.54, 1.807) is 12.1 Å². The Hall–Kier alpha value is -2.81. The second-order valence-electron chi connectivity index (χ2n) is 5.72. The zero-order valence-corrected chi connectivity index (χ0v) is 16.5. The van der Waals surface area contributed by atoms with Gasteiger partial charge in [0.25, 0.3) is 0 Å². The molecular formula is C18H12Cl2N6OS. The molecule has 2 aromatic heterocycles. The van der Waals surface area contributed by atoms with Gasteiger partial charge in [0.05, 0.1) is 15.7 Å². The van der Waals surface area contributed by atoms with Crippen molar-refractivity contribution in [2.24, 2.45) is 0 Å². The molecule has 0 saturated heterocycles. The van der Waals surface area contributed by atoms with Crippen molar-refractivity contribution in [1.29, 1.82) is 0 Å². The lowest BCUT2D eigenvalue weighted by Gasteiger charge is -2.01. The molecule has 0 aliphatic rings. The van der Waals surface area contributed by atoms with Gasteiger partial charge in [-0.3, -0.25) is 4.79 Å². The highest BCUT2D eigenvalue weighted by Gasteiger charge is 2.12. The van der Waals surface area contributed by atoms with Gasteiger partial charge in [0.2, 0.25) is 11.7 Å². The predicted octanol–water partition coefficient (Wildman–Crippen LogP) is 4.41. The second-order valence-corrected chi connectivity index (χ2v) is 7.40. The number of hydrogen-bond acceptors (Lipinski definition) is 6. The van der Waals surface area contributed by atoms with E-state index in [0.29, 0.717) is 26.7 Å². The van der Waals surface area contributed by atoms with Crippen LogP contribution in [0.2, 0.25) is 10.0 Å². The molecule has 2 aromatic carbocycles. The highest BCUT2D eigenvalue weighted by Crippen LogP contribution is 2.30. The summed E-state index contributed by atoms with van der Waals surface area (Å²) >= 11 is 13.3. The van der Waals surface area contributed by atoms with Gasteiger partial charge in [-0.15, -0.1) is 21.5 Å². The third kappa shape index (κ3) is 4.19. The lowest BCUT2D eigenvalue weighted by atomic mass is 10.2. The summed E-state index contributed by atoms with van der Waals surface area (Å²) in [4.78, 5) is 17.9. The molecule has 10 heteroatoms. The van der Waals surface area contributed by atoms with Gasteiger partial charge >= 0.3 is 0 Å². The summed E-state index contributed by atoms with van der Waals surface area (Å²) < 4.78 is 0. The average molecular weight is 431 g/mol. The Labute approximate surface area is 173 Å². The summed E-state index contributed by atoms with van der Waals surface area (Å²) in [5, 5.41) is 18.1. The van der Waals surface area contributed by atoms with E-state index in [0.717, 1.165) is 11.1 Å². The summed E-state index contributed by atoms with van der Waals surface area (Å²) in [6.07, 6.45) is 0. The zero-order valence-electron chi connectivity index (χ0n) is 14.2. The van der Waals surface area contributed by atoms with E-state index in [1.165, 1.54) is 16.1 Å². The number of hydrogen-bond donors (Lipinski definition) is 1. The standard InChI is InChI=1S/C18H12Cl2N6OS/c19-13-7-6-12(8-14(13)20)15-10-28-18(21-15)22-16(27)9-26-24-17(23-25-26)11-4-2-1-3-5-11/h1-8,10H,9H2,(H,21,22,27). The number of carbonyl (C=O) groups excluding carboxylic acids is 1. The number of benzene rings is 2. The molecule has 0 bridgehead atoms. The van der Waals surface area contributed by atoms with E-state index >= 15 is 0 Å². The number of thiazole rings is 1. The van der Waals surface area contributed by atoms with Crippen molar-refractivity contribution in [3.8, 4) is 22.6 Å². The van der Waals surface area contributed by atoms with Crippen LogP contribution in [0.15, 0.2) is 53.9 Å². The molecular weight excluding hydrogens is 419 g/mol. The van der Waals surface area contributed by atoms with Crippen molar-refractivity contribution in [3.63, 3.8) is 0 Å². The van der Waals surface area contributed by atoms with Gasteiger partial charge < -0.3 is 5.32 Å². The largest absolute Gasteiger partial charge is 0.300 e. The van der Waals surface area contributed by atoms with Gasteiger partial charge in [-0.05, 0) is 17.3 Å². The number of halogens is 2. The third-order valence-corrected chi connectivity index (χ3v) is 5.23. The molecule has 4 rings (SSSR count). The first-order chi connectivity index (χ1) is 13.6. The fourth-order valence-electron chi connectivity index (χ4n) is 2.42. The summed E-state index contributed by atoms with van der Waals surface area (Å²) in [6.45, 7) is -0.0679. The maximum atomic E-state index is 12.3. The van der Waals surface area contributed by atoms with Gasteiger partial charge in [0, 0.05) is 16.5 Å². The molecule has 0 saturated carbocycles. The maximum Gasteiger partial charge on any atom is 0.249 e. The fraction of sp³-hybridized carbons (Fsp3) is 0.0556. The van der Waals surface area contributed by atoms with Crippen molar-refractivity contribution in [2.75, 3.05) is 5.32 Å². The molecule has 140 valence electrons. The molecule has 0 fully saturated rings. The molecule has 4 aromatic rings. The maximum absolute atomic E-state index is 12.3. The fourth-order valence-corrected chi connectivity index (χ4v) is 3.45. The van der Waals surface area contributed by atoms with Crippen LogP contribution in [0.25, 0.3) is 22.6 Å². The molecule has 0 radical (unpaired) electrons. The zero-order chi connectivity index (χ0) is 19.5. The van der Waals surface area contributed by atoms with Crippen molar-refractivity contribution < 1.29 is 4.79 Å². The van der Waals surface area contributed by atoms with Crippen LogP contribution in [-0.2, 0) is 11.3 Å². The molecule has 28 heavy (non-hydrogen) atoms. The van der Waals surface area contributed by atoms with Gasteiger partial charge in [0.15, 0.2) is 5.13 Å². The molecule has 0 spiro atoms. The minimum atomic E-state index is -0.299. The highest BCUT2D eigenvalue weighted by atomic mass is 35.5. The van der Waals surface area contributed by atoms with Gasteiger partial charge in [0.1, 0.15) is 6.54 Å². The number of tetrazole rings is 1. The first-order valence-electron chi connectivity index (χ1n) is 8.12. The molecule has 0 unspecified atom stereocenters. The Balaban J connectivity index is 1.41. The van der Waals surface area contributed by atoms with Crippen LogP contribution in [0.5, 0.6) is 0 Å². The van der Waals surface area contributed by atoms with Crippen molar-refractivity contribution in [1.82, 2.24) is 25.2 Å². The first kappa shape index (κ1) is 18.5. The molecule has 2 heterocycles. The smallest absolute Gasteiger partial charge is 0.249 e. The minimum absolute atomic E-state index is 0.0679. The number of amides is 1. The van der Waals surface area contributed by atoms with Crippen LogP contribution < -0.4 is 5.32 Å². The van der Waals surface area contributed by atoms with E-state index in [-0.39, 0.29) is 12.5 Å². The van der Waals surface area contributed by atoms with Crippen LogP contribution >= 0.6 is 34.5 Å². The van der Waals surface area contributed by atoms with Gasteiger partial charge in [-0.1, -0.05) is 59.6 Å². The van der Waals surface area contributed by atoms with Gasteiger partial charge in [-0.2, -0.15) is 4.80 Å². The monoisotopic (exact) mass is 430 g/mol. The van der Waals surface area contributed by atoms with Crippen LogP contribution in [0, 0.1) is 0 Å². The van der Waals surface area contributed by atoms with Crippen molar-refractivity contribution in [2.45, 2.75) is 6.54 Å². The Bertz CT molecular complexity index is 1130. The lowest BCUT2D eigenvalue weighted by Crippen LogP contribution is -2.20. The van der Waals surface area contributed by atoms with Crippen LogP contribution in [0.1, 0.15) is 0 Å². The molecule has 7 nitrogen and oxygen atoms in total. The van der Waals surface area contributed by atoms with E-state index in [2.05, 4.69) is 25.7 Å². The predicted molar refractivity (Wildman–Crippen MR) is 109 cm³/mol. The number of nitrogens with zero attached hydrogens (tertiary/aromatic N) is 5. The Morgan fingerprint density at radius 2 is 1.89 bits per heavy atom. The molecule has 0 aliphatic carbocycles. The van der Waals surface area contributed by atoms with Crippen molar-refractivity contribution >= 4 is 45.6 Å². The van der Waals surface area contributed by atoms with Gasteiger partial charge in [-0.25, -0.2) is 4.98 Å². The number of nitrogens with one attached hydrogen (secondary N) is 1. The number of carbonyl (C=O) groups is 1. The SMILES string of the molecule is O=C(Cn1nnc(-c2ccccc2)n1)Nc1nc(-c2ccc(Cl)c(Cl)c2)cs1. The molecule has 1 N–H and O–H groups in total. The number of rotatable bonds is 5. The Morgan fingerprint density at radius 1 is 1.07 bits per heavy atom. The number of aromatic nitrogens is 5. The summed E-state index contributed by atoms with van der Waals surface area (Å²) in [5.41, 5.74) is 2.35. The van der Waals surface area contributed by atoms with Crippen LogP contribution in [0.4, 0.5) is 5.13 Å². The highest BCUT2D eigenvalue weighted by molar-refractivity contribution is 7.14. The topological polar surface area (TPSA) is 85.6 Å². The van der Waals surface area contributed by atoms with E-state index in [1.807, 2.05) is 41.8 Å². The summed E-state index contributed by atoms with van der Waals surface area (Å²) in [5.74, 6) is 0.164. The molecule has 0 aliphatic heterocycles. The van der Waals surface area contributed by atoms with E-state index < -0.39 is 0 Å². The first-order valence-corrected chi connectivity index (χ1v) is 9.76. The Kier molecular flexibility index (Phi) is 5.34. The second kappa shape index (κ2) is 8.05. The van der Waals surface area contributed by atoms with E-state index in [9.17, 15) is 4.79 Å². The average Bonchev–Trinajstić information content (AvgIpc) is 3.34. The summed E-state index contributed by atoms with van der Waals surface area (Å²) in [6, 6.07) is 14.7. The number of anilines is 1. The summed E-state index contributed by atoms with van der Waals surface area (Å²) in [7, 11) is 0. The quantitative estimate of drug-likeness (QED) is 0.506. The minimum Gasteiger partial charge on any atom is -0.300 e. The Morgan fingerprint density at radius 3 is 2.68 bits per heavy atom. The van der Waals surface area contributed by atoms with Crippen LogP contribution in [0.3, 0.4) is 0 Å². The molecule has 0 atom stereocenters. The normalized spacial score (nSPS) is 10.8. The molecule has 1 amide bonds. The lowest BCUT2D eigenvalue weighted by molar-refractivity contribution is -0.117. The van der Waals surface area contributed by atoms with E-state index in [4.69, 9.17) is 23.2 Å². The van der Waals surface area contributed by atoms with Crippen molar-refractivity contribution in [3.05, 3.63) is 64.0 Å². The third-order valence-electron chi connectivity index (χ3n) is 3.74.